The number of benzene rings is 1. The molecule has 1 saturated heterocycles. The second kappa shape index (κ2) is 6.48. The van der Waals surface area contributed by atoms with Gasteiger partial charge in [-0.15, -0.1) is 0 Å². The number of Topliss-reactive ketones (excluding diaryl/α,β-unsaturated/α-hetero) is 1. The number of carbonyl (C=O) groups is 1. The van der Waals surface area contributed by atoms with Gasteiger partial charge in [0.2, 0.25) is 5.95 Å². The van der Waals surface area contributed by atoms with Crippen LogP contribution in [-0.4, -0.2) is 55.6 Å². The van der Waals surface area contributed by atoms with Crippen molar-refractivity contribution in [3.63, 3.8) is 0 Å². The van der Waals surface area contributed by atoms with Crippen LogP contribution in [0.25, 0.3) is 10.9 Å². The molecule has 0 amide bonds. The third-order valence-electron chi connectivity index (χ3n) is 4.19. The zero-order valence-corrected chi connectivity index (χ0v) is 14.0. The minimum absolute atomic E-state index is 0.0665. The van der Waals surface area contributed by atoms with Crippen molar-refractivity contribution in [1.82, 2.24) is 15.3 Å². The molecule has 128 valence electrons. The molecule has 8 nitrogen and oxygen atoms in total. The Kier molecular flexibility index (Phi) is 4.39. The highest BCUT2D eigenvalue weighted by Gasteiger charge is 2.28. The Hall–Kier alpha value is -2.61. The number of ether oxygens (including phenoxy) is 2. The van der Waals surface area contributed by atoms with Crippen molar-refractivity contribution in [3.05, 3.63) is 12.1 Å². The van der Waals surface area contributed by atoms with E-state index >= 15 is 0 Å². The minimum Gasteiger partial charge on any atom is -0.493 e. The van der Waals surface area contributed by atoms with E-state index in [9.17, 15) is 4.79 Å². The van der Waals surface area contributed by atoms with E-state index in [-0.39, 0.29) is 11.8 Å². The lowest BCUT2D eigenvalue weighted by Crippen LogP contribution is -2.55. The summed E-state index contributed by atoms with van der Waals surface area (Å²) in [6, 6.07) is 3.23. The molecule has 0 saturated carbocycles. The number of rotatable bonds is 4. The average Bonchev–Trinajstić information content (AvgIpc) is 2.60. The van der Waals surface area contributed by atoms with Crippen LogP contribution in [0.3, 0.4) is 0 Å². The van der Waals surface area contributed by atoms with Crippen molar-refractivity contribution in [1.29, 1.82) is 0 Å². The molecule has 0 spiro atoms. The molecule has 1 aliphatic heterocycles. The maximum atomic E-state index is 11.9. The van der Waals surface area contributed by atoms with Crippen molar-refractivity contribution >= 4 is 28.5 Å². The van der Waals surface area contributed by atoms with Gasteiger partial charge in [-0.05, 0) is 13.0 Å². The van der Waals surface area contributed by atoms with Crippen LogP contribution >= 0.6 is 0 Å². The van der Waals surface area contributed by atoms with Gasteiger partial charge in [-0.2, -0.15) is 4.98 Å². The SMILES string of the molecule is COc1cc2nc(N3CCNCC3C(C)=O)nc(N)c2cc1OC. The number of hydrogen-bond donors (Lipinski definition) is 2. The largest absolute Gasteiger partial charge is 0.493 e. The molecule has 0 bridgehead atoms. The molecule has 0 radical (unpaired) electrons. The predicted molar refractivity (Wildman–Crippen MR) is 91.7 cm³/mol. The first-order chi connectivity index (χ1) is 11.5. The number of carbonyl (C=O) groups excluding carboxylic acids is 1. The second-order valence-corrected chi connectivity index (χ2v) is 5.66. The Morgan fingerprint density at radius 3 is 2.67 bits per heavy atom. The average molecular weight is 331 g/mol. The van der Waals surface area contributed by atoms with Gasteiger partial charge < -0.3 is 25.4 Å². The van der Waals surface area contributed by atoms with E-state index in [4.69, 9.17) is 15.2 Å². The van der Waals surface area contributed by atoms with Gasteiger partial charge in [0.05, 0.1) is 19.7 Å². The first-order valence-electron chi connectivity index (χ1n) is 7.72. The summed E-state index contributed by atoms with van der Waals surface area (Å²) < 4.78 is 10.6. The third-order valence-corrected chi connectivity index (χ3v) is 4.19. The lowest BCUT2D eigenvalue weighted by atomic mass is 10.1. The fourth-order valence-electron chi connectivity index (χ4n) is 2.90. The smallest absolute Gasteiger partial charge is 0.228 e. The third kappa shape index (κ3) is 2.80. The maximum Gasteiger partial charge on any atom is 0.228 e. The molecule has 1 unspecified atom stereocenters. The molecule has 8 heteroatoms. The summed E-state index contributed by atoms with van der Waals surface area (Å²) in [7, 11) is 3.13. The number of hydrogen-bond acceptors (Lipinski definition) is 8. The van der Waals surface area contributed by atoms with Gasteiger partial charge in [-0.25, -0.2) is 4.98 Å². The quantitative estimate of drug-likeness (QED) is 0.839. The maximum absolute atomic E-state index is 11.9. The van der Waals surface area contributed by atoms with E-state index in [1.165, 1.54) is 0 Å². The molecule has 1 aromatic heterocycles. The standard InChI is InChI=1S/C16H21N5O3/c1-9(22)12-8-18-4-5-21(12)16-19-11-7-14(24-3)13(23-2)6-10(11)15(17)20-16/h6-7,12,18H,4-5,8H2,1-3H3,(H2,17,19,20). The molecule has 1 atom stereocenters. The topological polar surface area (TPSA) is 103 Å². The van der Waals surface area contributed by atoms with Crippen LogP contribution in [0.4, 0.5) is 11.8 Å². The van der Waals surface area contributed by atoms with E-state index in [1.54, 1.807) is 33.3 Å². The van der Waals surface area contributed by atoms with Gasteiger partial charge in [0.1, 0.15) is 11.9 Å². The van der Waals surface area contributed by atoms with Crippen LogP contribution in [0.15, 0.2) is 12.1 Å². The highest BCUT2D eigenvalue weighted by Crippen LogP contribution is 2.34. The molecule has 2 heterocycles. The Morgan fingerprint density at radius 1 is 1.29 bits per heavy atom. The van der Waals surface area contributed by atoms with Crippen molar-refractivity contribution in [2.24, 2.45) is 0 Å². The fraction of sp³-hybridized carbons (Fsp3) is 0.438. The monoisotopic (exact) mass is 331 g/mol. The number of aromatic nitrogens is 2. The number of piperazine rings is 1. The molecule has 24 heavy (non-hydrogen) atoms. The molecule has 3 N–H and O–H groups in total. The molecule has 1 aromatic carbocycles. The number of methoxy groups -OCH3 is 2. The summed E-state index contributed by atoms with van der Waals surface area (Å²) >= 11 is 0. The number of nitrogens with zero attached hydrogens (tertiary/aromatic N) is 3. The van der Waals surface area contributed by atoms with E-state index < -0.39 is 0 Å². The number of anilines is 2. The molecule has 0 aliphatic carbocycles. The summed E-state index contributed by atoms with van der Waals surface area (Å²) in [5.41, 5.74) is 6.77. The highest BCUT2D eigenvalue weighted by atomic mass is 16.5. The summed E-state index contributed by atoms with van der Waals surface area (Å²) in [6.07, 6.45) is 0. The van der Waals surface area contributed by atoms with Gasteiger partial charge in [-0.1, -0.05) is 0 Å². The van der Waals surface area contributed by atoms with Gasteiger partial charge in [0.25, 0.3) is 0 Å². The van der Waals surface area contributed by atoms with E-state index in [1.807, 2.05) is 4.90 Å². The molecular formula is C16H21N5O3. The van der Waals surface area contributed by atoms with Gasteiger partial charge >= 0.3 is 0 Å². The summed E-state index contributed by atoms with van der Waals surface area (Å²) in [4.78, 5) is 22.8. The fourth-order valence-corrected chi connectivity index (χ4v) is 2.90. The first-order valence-corrected chi connectivity index (χ1v) is 7.72. The molecule has 1 aliphatic rings. The number of fused-ring (bicyclic) bond motifs is 1. The predicted octanol–water partition coefficient (Wildman–Crippen LogP) is 0.596. The van der Waals surface area contributed by atoms with Crippen LogP contribution < -0.4 is 25.4 Å². The highest BCUT2D eigenvalue weighted by molar-refractivity contribution is 5.92. The summed E-state index contributed by atoms with van der Waals surface area (Å²) in [5.74, 6) is 2.00. The Bertz CT molecular complexity index is 780. The van der Waals surface area contributed by atoms with Gasteiger partial charge in [0.15, 0.2) is 17.3 Å². The van der Waals surface area contributed by atoms with Crippen LogP contribution in [0.2, 0.25) is 0 Å². The first kappa shape index (κ1) is 16.3. The van der Waals surface area contributed by atoms with Crippen molar-refractivity contribution in [2.75, 3.05) is 44.5 Å². The van der Waals surface area contributed by atoms with Crippen molar-refractivity contribution in [2.45, 2.75) is 13.0 Å². The molecular weight excluding hydrogens is 310 g/mol. The Labute approximate surface area is 140 Å². The lowest BCUT2D eigenvalue weighted by Gasteiger charge is -2.34. The van der Waals surface area contributed by atoms with E-state index in [2.05, 4.69) is 15.3 Å². The Balaban J connectivity index is 2.11. The number of nitrogens with two attached hydrogens (primary N) is 1. The van der Waals surface area contributed by atoms with Gasteiger partial charge in [0, 0.05) is 31.1 Å². The Morgan fingerprint density at radius 2 is 2.00 bits per heavy atom. The van der Waals surface area contributed by atoms with Crippen LogP contribution in [-0.2, 0) is 4.79 Å². The number of nitrogen functional groups attached to an aromatic ring is 1. The summed E-state index contributed by atoms with van der Waals surface area (Å²) in [5, 5.41) is 3.90. The number of ketones is 1. The molecule has 3 rings (SSSR count). The summed E-state index contributed by atoms with van der Waals surface area (Å²) in [6.45, 7) is 3.55. The zero-order valence-electron chi connectivity index (χ0n) is 14.0. The molecule has 2 aromatic rings. The second-order valence-electron chi connectivity index (χ2n) is 5.66. The van der Waals surface area contributed by atoms with Crippen LogP contribution in [0.5, 0.6) is 11.5 Å². The minimum atomic E-state index is -0.296. The van der Waals surface area contributed by atoms with Crippen molar-refractivity contribution in [3.8, 4) is 11.5 Å². The zero-order chi connectivity index (χ0) is 17.3. The van der Waals surface area contributed by atoms with Crippen molar-refractivity contribution < 1.29 is 14.3 Å². The number of nitrogens with one attached hydrogen (secondary N) is 1. The van der Waals surface area contributed by atoms with E-state index in [0.29, 0.717) is 47.3 Å². The van der Waals surface area contributed by atoms with Gasteiger partial charge in [-0.3, -0.25) is 4.79 Å². The molecule has 1 fully saturated rings. The lowest BCUT2D eigenvalue weighted by molar-refractivity contribution is -0.118. The van der Waals surface area contributed by atoms with Crippen LogP contribution in [0.1, 0.15) is 6.92 Å². The van der Waals surface area contributed by atoms with E-state index in [0.717, 1.165) is 6.54 Å². The van der Waals surface area contributed by atoms with Crippen LogP contribution in [0, 0.1) is 0 Å². The normalized spacial score (nSPS) is 17.8.